The summed E-state index contributed by atoms with van der Waals surface area (Å²) in [6, 6.07) is 12.8. The molecule has 2 aromatic carbocycles. The van der Waals surface area contributed by atoms with Gasteiger partial charge in [-0.1, -0.05) is 18.2 Å². The van der Waals surface area contributed by atoms with E-state index in [4.69, 9.17) is 9.72 Å². The Labute approximate surface area is 175 Å². The SMILES string of the molecule is CCOc1cc(C)c(Cc2nc(-c3ccc(-n4cnc(C)c4)cc3)cs2)cc1C. The van der Waals surface area contributed by atoms with E-state index >= 15 is 0 Å². The maximum Gasteiger partial charge on any atom is 0.122 e. The van der Waals surface area contributed by atoms with Crippen molar-refractivity contribution in [1.29, 1.82) is 0 Å². The van der Waals surface area contributed by atoms with Gasteiger partial charge >= 0.3 is 0 Å². The summed E-state index contributed by atoms with van der Waals surface area (Å²) in [5.41, 5.74) is 8.00. The number of rotatable bonds is 6. The highest BCUT2D eigenvalue weighted by molar-refractivity contribution is 7.10. The normalized spacial score (nSPS) is 11.0. The molecule has 0 saturated heterocycles. The third-order valence-corrected chi connectivity index (χ3v) is 5.85. The smallest absolute Gasteiger partial charge is 0.122 e. The minimum absolute atomic E-state index is 0.689. The molecule has 0 amide bonds. The zero-order valence-electron chi connectivity index (χ0n) is 17.3. The van der Waals surface area contributed by atoms with E-state index in [2.05, 4.69) is 60.6 Å². The highest BCUT2D eigenvalue weighted by Gasteiger charge is 2.10. The molecule has 0 radical (unpaired) electrons. The molecule has 0 fully saturated rings. The molecule has 148 valence electrons. The second kappa shape index (κ2) is 8.21. The van der Waals surface area contributed by atoms with E-state index in [0.717, 1.165) is 39.8 Å². The molecule has 4 nitrogen and oxygen atoms in total. The minimum atomic E-state index is 0.689. The van der Waals surface area contributed by atoms with Crippen LogP contribution in [0.1, 0.15) is 34.3 Å². The number of thiazole rings is 1. The Morgan fingerprint density at radius 3 is 2.52 bits per heavy atom. The number of imidazole rings is 1. The fourth-order valence-corrected chi connectivity index (χ4v) is 4.23. The molecule has 0 unspecified atom stereocenters. The Bertz CT molecular complexity index is 1130. The summed E-state index contributed by atoms with van der Waals surface area (Å²) in [6.07, 6.45) is 4.71. The van der Waals surface area contributed by atoms with Crippen molar-refractivity contribution in [2.75, 3.05) is 6.61 Å². The third-order valence-electron chi connectivity index (χ3n) is 5.00. The lowest BCUT2D eigenvalue weighted by atomic mass is 10.0. The van der Waals surface area contributed by atoms with E-state index < -0.39 is 0 Å². The predicted molar refractivity (Wildman–Crippen MR) is 119 cm³/mol. The second-order valence-electron chi connectivity index (χ2n) is 7.25. The zero-order valence-corrected chi connectivity index (χ0v) is 18.1. The van der Waals surface area contributed by atoms with Crippen molar-refractivity contribution < 1.29 is 4.74 Å². The predicted octanol–water partition coefficient (Wildman–Crippen LogP) is 5.91. The van der Waals surface area contributed by atoms with Gasteiger partial charge in [-0.3, -0.25) is 0 Å². The highest BCUT2D eigenvalue weighted by atomic mass is 32.1. The summed E-state index contributed by atoms with van der Waals surface area (Å²) in [6.45, 7) is 8.94. The number of ether oxygens (including phenoxy) is 1. The van der Waals surface area contributed by atoms with Crippen LogP contribution < -0.4 is 4.74 Å². The Morgan fingerprint density at radius 2 is 1.83 bits per heavy atom. The first kappa shape index (κ1) is 19.4. The van der Waals surface area contributed by atoms with Crippen LogP contribution in [0.15, 0.2) is 54.3 Å². The summed E-state index contributed by atoms with van der Waals surface area (Å²) in [5, 5.41) is 3.27. The lowest BCUT2D eigenvalue weighted by molar-refractivity contribution is 0.337. The van der Waals surface area contributed by atoms with Crippen molar-refractivity contribution in [2.45, 2.75) is 34.1 Å². The summed E-state index contributed by atoms with van der Waals surface area (Å²) in [5.74, 6) is 0.974. The van der Waals surface area contributed by atoms with Crippen molar-refractivity contribution in [3.8, 4) is 22.7 Å². The van der Waals surface area contributed by atoms with E-state index in [9.17, 15) is 0 Å². The van der Waals surface area contributed by atoms with Crippen molar-refractivity contribution in [3.63, 3.8) is 0 Å². The van der Waals surface area contributed by atoms with Gasteiger partial charge in [-0.15, -0.1) is 11.3 Å². The molecule has 0 aliphatic carbocycles. The van der Waals surface area contributed by atoms with Crippen LogP contribution in [-0.4, -0.2) is 21.1 Å². The Kier molecular flexibility index (Phi) is 5.49. The van der Waals surface area contributed by atoms with Crippen LogP contribution >= 0.6 is 11.3 Å². The van der Waals surface area contributed by atoms with E-state index in [1.165, 1.54) is 16.7 Å². The van der Waals surface area contributed by atoms with Crippen LogP contribution in [0.25, 0.3) is 16.9 Å². The minimum Gasteiger partial charge on any atom is -0.494 e. The summed E-state index contributed by atoms with van der Waals surface area (Å²) in [4.78, 5) is 9.17. The molecule has 2 aromatic heterocycles. The van der Waals surface area contributed by atoms with Crippen molar-refractivity contribution in [3.05, 3.63) is 81.7 Å². The van der Waals surface area contributed by atoms with Gasteiger partial charge in [0.25, 0.3) is 0 Å². The number of hydrogen-bond donors (Lipinski definition) is 0. The average Bonchev–Trinajstić information content (AvgIpc) is 3.35. The first-order valence-electron chi connectivity index (χ1n) is 9.82. The van der Waals surface area contributed by atoms with Crippen molar-refractivity contribution in [1.82, 2.24) is 14.5 Å². The Balaban J connectivity index is 1.52. The summed E-state index contributed by atoms with van der Waals surface area (Å²) < 4.78 is 7.74. The van der Waals surface area contributed by atoms with E-state index in [1.54, 1.807) is 11.3 Å². The summed E-state index contributed by atoms with van der Waals surface area (Å²) in [7, 11) is 0. The second-order valence-corrected chi connectivity index (χ2v) is 8.19. The van der Waals surface area contributed by atoms with E-state index in [0.29, 0.717) is 6.61 Å². The van der Waals surface area contributed by atoms with Gasteiger partial charge in [-0.05, 0) is 62.6 Å². The van der Waals surface area contributed by atoms with Gasteiger partial charge in [-0.25, -0.2) is 9.97 Å². The van der Waals surface area contributed by atoms with Gasteiger partial charge in [0, 0.05) is 29.2 Å². The molecule has 2 heterocycles. The number of nitrogens with zero attached hydrogens (tertiary/aromatic N) is 3. The van der Waals surface area contributed by atoms with Gasteiger partial charge in [0.15, 0.2) is 0 Å². The fourth-order valence-electron chi connectivity index (χ4n) is 3.41. The van der Waals surface area contributed by atoms with Gasteiger partial charge in [0.05, 0.1) is 29.3 Å². The number of aryl methyl sites for hydroxylation is 3. The van der Waals surface area contributed by atoms with Crippen LogP contribution in [0.4, 0.5) is 0 Å². The molecule has 0 aliphatic rings. The van der Waals surface area contributed by atoms with Crippen molar-refractivity contribution >= 4 is 11.3 Å². The molecule has 4 rings (SSSR count). The van der Waals surface area contributed by atoms with Gasteiger partial charge in [0.1, 0.15) is 5.75 Å². The quantitative estimate of drug-likeness (QED) is 0.402. The highest BCUT2D eigenvalue weighted by Crippen LogP contribution is 2.28. The first-order chi connectivity index (χ1) is 14.0. The van der Waals surface area contributed by atoms with Crippen LogP contribution in [0.2, 0.25) is 0 Å². The molecule has 0 saturated carbocycles. The zero-order chi connectivity index (χ0) is 20.4. The Morgan fingerprint density at radius 1 is 1.03 bits per heavy atom. The molecule has 0 spiro atoms. The van der Waals surface area contributed by atoms with E-state index in [-0.39, 0.29) is 0 Å². The van der Waals surface area contributed by atoms with Crippen LogP contribution in [0.3, 0.4) is 0 Å². The molecular weight excluding hydrogens is 378 g/mol. The molecule has 0 N–H and O–H groups in total. The first-order valence-corrected chi connectivity index (χ1v) is 10.7. The number of aromatic nitrogens is 3. The van der Waals surface area contributed by atoms with E-state index in [1.807, 2.05) is 30.9 Å². The largest absolute Gasteiger partial charge is 0.494 e. The van der Waals surface area contributed by atoms with Gasteiger partial charge < -0.3 is 9.30 Å². The molecule has 5 heteroatoms. The molecule has 0 aliphatic heterocycles. The van der Waals surface area contributed by atoms with Crippen LogP contribution in [0.5, 0.6) is 5.75 Å². The van der Waals surface area contributed by atoms with Crippen LogP contribution in [-0.2, 0) is 6.42 Å². The number of hydrogen-bond acceptors (Lipinski definition) is 4. The monoisotopic (exact) mass is 403 g/mol. The topological polar surface area (TPSA) is 39.9 Å². The average molecular weight is 404 g/mol. The van der Waals surface area contributed by atoms with Crippen LogP contribution in [0, 0.1) is 20.8 Å². The lowest BCUT2D eigenvalue weighted by Crippen LogP contribution is -1.98. The lowest BCUT2D eigenvalue weighted by Gasteiger charge is -2.11. The Hall–Kier alpha value is -2.92. The molecule has 29 heavy (non-hydrogen) atoms. The molecular formula is C24H25N3OS. The molecule has 4 aromatic rings. The maximum atomic E-state index is 5.71. The van der Waals surface area contributed by atoms with Gasteiger partial charge in [0.2, 0.25) is 0 Å². The van der Waals surface area contributed by atoms with Crippen molar-refractivity contribution in [2.24, 2.45) is 0 Å². The standard InChI is InChI=1S/C24H25N3OS/c1-5-28-23-11-16(2)20(10-17(23)3)12-24-26-22(14-29-24)19-6-8-21(9-7-19)27-13-18(4)25-15-27/h6-11,13-15H,5,12H2,1-4H3. The molecule has 0 atom stereocenters. The fraction of sp³-hybridized carbons (Fsp3) is 0.250. The van der Waals surface area contributed by atoms with Gasteiger partial charge in [-0.2, -0.15) is 0 Å². The third kappa shape index (κ3) is 4.25. The maximum absolute atomic E-state index is 5.71. The number of benzene rings is 2. The molecule has 0 bridgehead atoms. The summed E-state index contributed by atoms with van der Waals surface area (Å²) >= 11 is 1.71.